The van der Waals surface area contributed by atoms with E-state index in [1.54, 1.807) is 5.51 Å². The van der Waals surface area contributed by atoms with Crippen LogP contribution in [-0.4, -0.2) is 22.1 Å². The average molecular weight is 254 g/mol. The standard InChI is InChI=1S/C11H12ClN3S/c12-7-10(14-11-15-13-8-16-11)6-9-4-2-1-3-5-9/h1-5,8,10H,6-7H2,(H,14,15). The monoisotopic (exact) mass is 253 g/mol. The van der Waals surface area contributed by atoms with Gasteiger partial charge in [0.25, 0.3) is 0 Å². The van der Waals surface area contributed by atoms with Crippen molar-refractivity contribution in [2.45, 2.75) is 12.5 Å². The van der Waals surface area contributed by atoms with E-state index in [-0.39, 0.29) is 6.04 Å². The Hall–Kier alpha value is -1.13. The first-order valence-corrected chi connectivity index (χ1v) is 6.42. The fraction of sp³-hybridized carbons (Fsp3) is 0.273. The summed E-state index contributed by atoms with van der Waals surface area (Å²) in [4.78, 5) is 0. The molecule has 0 aliphatic rings. The molecule has 1 heterocycles. The maximum absolute atomic E-state index is 5.93. The second-order valence-corrected chi connectivity index (χ2v) is 4.57. The van der Waals surface area contributed by atoms with Gasteiger partial charge in [0.2, 0.25) is 5.13 Å². The summed E-state index contributed by atoms with van der Waals surface area (Å²) in [5.41, 5.74) is 2.97. The molecule has 1 N–H and O–H groups in total. The molecule has 2 aromatic rings. The molecule has 16 heavy (non-hydrogen) atoms. The number of anilines is 1. The minimum atomic E-state index is 0.192. The number of alkyl halides is 1. The highest BCUT2D eigenvalue weighted by Gasteiger charge is 2.09. The Balaban J connectivity index is 1.96. The summed E-state index contributed by atoms with van der Waals surface area (Å²) in [6.45, 7) is 0. The maximum Gasteiger partial charge on any atom is 0.205 e. The highest BCUT2D eigenvalue weighted by atomic mass is 35.5. The molecule has 0 radical (unpaired) electrons. The molecule has 0 amide bonds. The zero-order valence-corrected chi connectivity index (χ0v) is 10.2. The van der Waals surface area contributed by atoms with Crippen LogP contribution in [0.3, 0.4) is 0 Å². The quantitative estimate of drug-likeness (QED) is 0.833. The van der Waals surface area contributed by atoms with Crippen molar-refractivity contribution in [2.24, 2.45) is 0 Å². The molecule has 1 aromatic heterocycles. The molecule has 0 aliphatic carbocycles. The lowest BCUT2D eigenvalue weighted by Crippen LogP contribution is -2.23. The molecule has 1 atom stereocenters. The lowest BCUT2D eigenvalue weighted by Gasteiger charge is -2.14. The Bertz CT molecular complexity index is 404. The van der Waals surface area contributed by atoms with Crippen molar-refractivity contribution in [3.8, 4) is 0 Å². The van der Waals surface area contributed by atoms with Gasteiger partial charge in [0.15, 0.2) is 0 Å². The summed E-state index contributed by atoms with van der Waals surface area (Å²) in [6.07, 6.45) is 0.893. The van der Waals surface area contributed by atoms with E-state index in [4.69, 9.17) is 11.6 Å². The fourth-order valence-corrected chi connectivity index (χ4v) is 2.16. The number of rotatable bonds is 5. The first kappa shape index (κ1) is 11.4. The maximum atomic E-state index is 5.93. The summed E-state index contributed by atoms with van der Waals surface area (Å²) < 4.78 is 0. The molecule has 0 bridgehead atoms. The molecule has 0 saturated heterocycles. The number of aromatic nitrogens is 2. The van der Waals surface area contributed by atoms with Gasteiger partial charge in [-0.3, -0.25) is 0 Å². The predicted molar refractivity (Wildman–Crippen MR) is 68.2 cm³/mol. The molecule has 84 valence electrons. The van der Waals surface area contributed by atoms with Crippen molar-refractivity contribution >= 4 is 28.1 Å². The van der Waals surface area contributed by atoms with E-state index >= 15 is 0 Å². The van der Waals surface area contributed by atoms with Crippen molar-refractivity contribution in [3.63, 3.8) is 0 Å². The van der Waals surface area contributed by atoms with Crippen molar-refractivity contribution in [2.75, 3.05) is 11.2 Å². The second kappa shape index (κ2) is 5.82. The van der Waals surface area contributed by atoms with Gasteiger partial charge in [0, 0.05) is 11.9 Å². The van der Waals surface area contributed by atoms with Crippen molar-refractivity contribution in [1.82, 2.24) is 10.2 Å². The largest absolute Gasteiger partial charge is 0.356 e. The lowest BCUT2D eigenvalue weighted by atomic mass is 10.1. The third-order valence-electron chi connectivity index (χ3n) is 2.20. The molecule has 5 heteroatoms. The Labute approximate surface area is 103 Å². The molecule has 1 aromatic carbocycles. The SMILES string of the molecule is ClCC(Cc1ccccc1)Nc1nncs1. The van der Waals surface area contributed by atoms with Crippen molar-refractivity contribution in [1.29, 1.82) is 0 Å². The first-order chi connectivity index (χ1) is 7.88. The second-order valence-electron chi connectivity index (χ2n) is 3.43. The number of halogens is 1. The van der Waals surface area contributed by atoms with Gasteiger partial charge in [-0.05, 0) is 12.0 Å². The van der Waals surface area contributed by atoms with Crippen LogP contribution in [0.5, 0.6) is 0 Å². The Morgan fingerprint density at radius 2 is 2.12 bits per heavy atom. The Morgan fingerprint density at radius 3 is 2.75 bits per heavy atom. The number of benzene rings is 1. The van der Waals surface area contributed by atoms with Crippen LogP contribution in [-0.2, 0) is 6.42 Å². The zero-order valence-electron chi connectivity index (χ0n) is 8.64. The molecular formula is C11H12ClN3S. The summed E-state index contributed by atoms with van der Waals surface area (Å²) in [5, 5.41) is 11.8. The molecule has 2 rings (SSSR count). The first-order valence-electron chi connectivity index (χ1n) is 5.01. The highest BCUT2D eigenvalue weighted by Crippen LogP contribution is 2.13. The summed E-state index contributed by atoms with van der Waals surface area (Å²) in [7, 11) is 0. The number of hydrogen-bond acceptors (Lipinski definition) is 4. The van der Waals surface area contributed by atoms with Crippen LogP contribution in [0.2, 0.25) is 0 Å². The van der Waals surface area contributed by atoms with E-state index in [0.717, 1.165) is 11.6 Å². The number of nitrogens with zero attached hydrogens (tertiary/aromatic N) is 2. The van der Waals surface area contributed by atoms with Crippen LogP contribution in [0.15, 0.2) is 35.8 Å². The average Bonchev–Trinajstić information content (AvgIpc) is 2.82. The van der Waals surface area contributed by atoms with Gasteiger partial charge < -0.3 is 5.32 Å². The van der Waals surface area contributed by atoms with Gasteiger partial charge >= 0.3 is 0 Å². The van der Waals surface area contributed by atoms with E-state index in [0.29, 0.717) is 5.88 Å². The van der Waals surface area contributed by atoms with E-state index in [1.807, 2.05) is 18.2 Å². The summed E-state index contributed by atoms with van der Waals surface area (Å²) >= 11 is 7.41. The smallest absolute Gasteiger partial charge is 0.205 e. The van der Waals surface area contributed by atoms with Crippen LogP contribution in [0.4, 0.5) is 5.13 Å². The van der Waals surface area contributed by atoms with Gasteiger partial charge in [-0.1, -0.05) is 41.7 Å². The molecular weight excluding hydrogens is 242 g/mol. The summed E-state index contributed by atoms with van der Waals surface area (Å²) in [6, 6.07) is 10.5. The van der Waals surface area contributed by atoms with Gasteiger partial charge in [0.1, 0.15) is 5.51 Å². The topological polar surface area (TPSA) is 37.8 Å². The van der Waals surface area contributed by atoms with Crippen molar-refractivity contribution in [3.05, 3.63) is 41.4 Å². The predicted octanol–water partition coefficient (Wildman–Crippen LogP) is 2.80. The van der Waals surface area contributed by atoms with Gasteiger partial charge in [-0.15, -0.1) is 21.8 Å². The van der Waals surface area contributed by atoms with Gasteiger partial charge in [-0.25, -0.2) is 0 Å². The molecule has 0 aliphatic heterocycles. The minimum absolute atomic E-state index is 0.192. The van der Waals surface area contributed by atoms with Crippen LogP contribution in [0.1, 0.15) is 5.56 Å². The molecule has 3 nitrogen and oxygen atoms in total. The molecule has 1 unspecified atom stereocenters. The number of nitrogens with one attached hydrogen (secondary N) is 1. The Morgan fingerprint density at radius 1 is 1.31 bits per heavy atom. The molecule has 0 fully saturated rings. The van der Waals surface area contributed by atoms with E-state index in [9.17, 15) is 0 Å². The van der Waals surface area contributed by atoms with Crippen molar-refractivity contribution < 1.29 is 0 Å². The molecule has 0 spiro atoms. The number of hydrogen-bond donors (Lipinski definition) is 1. The fourth-order valence-electron chi connectivity index (χ4n) is 1.45. The van der Waals surface area contributed by atoms with Crippen LogP contribution >= 0.6 is 22.9 Å². The highest BCUT2D eigenvalue weighted by molar-refractivity contribution is 7.13. The zero-order chi connectivity index (χ0) is 11.2. The lowest BCUT2D eigenvalue weighted by molar-refractivity contribution is 0.792. The normalized spacial score (nSPS) is 12.3. The van der Waals surface area contributed by atoms with Crippen LogP contribution in [0, 0.1) is 0 Å². The summed E-state index contributed by atoms with van der Waals surface area (Å²) in [5.74, 6) is 0.550. The third-order valence-corrected chi connectivity index (χ3v) is 3.19. The van der Waals surface area contributed by atoms with E-state index in [1.165, 1.54) is 16.9 Å². The van der Waals surface area contributed by atoms with Gasteiger partial charge in [0.05, 0.1) is 0 Å². The Kier molecular flexibility index (Phi) is 4.13. The molecule has 0 saturated carbocycles. The van der Waals surface area contributed by atoms with Gasteiger partial charge in [-0.2, -0.15) is 0 Å². The minimum Gasteiger partial charge on any atom is -0.356 e. The van der Waals surface area contributed by atoms with E-state index in [2.05, 4.69) is 27.6 Å². The van der Waals surface area contributed by atoms with E-state index < -0.39 is 0 Å². The third kappa shape index (κ3) is 3.18. The van der Waals surface area contributed by atoms with Crippen LogP contribution in [0.25, 0.3) is 0 Å². The van der Waals surface area contributed by atoms with Crippen LogP contribution < -0.4 is 5.32 Å².